The second-order valence-electron chi connectivity index (χ2n) is 8.86. The Morgan fingerprint density at radius 3 is 2.02 bits per heavy atom. The monoisotopic (exact) mass is 596 g/mol. The van der Waals surface area contributed by atoms with Gasteiger partial charge in [0.05, 0.1) is 5.92 Å². The lowest BCUT2D eigenvalue weighted by Gasteiger charge is -2.21. The molecule has 0 aliphatic rings. The van der Waals surface area contributed by atoms with Crippen molar-refractivity contribution in [3.8, 4) is 0 Å². The maximum atomic E-state index is 12.7. The fourth-order valence-corrected chi connectivity index (χ4v) is 6.33. The Labute approximate surface area is 243 Å². The molecule has 0 spiro atoms. The molecular formula is C27H28N6O4S3. The van der Waals surface area contributed by atoms with Gasteiger partial charge in [0.15, 0.2) is 5.60 Å². The number of anilines is 2. The van der Waals surface area contributed by atoms with E-state index >= 15 is 0 Å². The lowest BCUT2D eigenvalue weighted by molar-refractivity contribution is -0.133. The number of aliphatic hydroxyl groups is 1. The summed E-state index contributed by atoms with van der Waals surface area (Å²) in [7, 11) is 0. The molecule has 0 fully saturated rings. The van der Waals surface area contributed by atoms with E-state index in [2.05, 4.69) is 31.0 Å². The van der Waals surface area contributed by atoms with Gasteiger partial charge in [-0.2, -0.15) is 11.8 Å². The zero-order chi connectivity index (χ0) is 28.4. The molecule has 10 nitrogen and oxygen atoms in total. The van der Waals surface area contributed by atoms with Crippen LogP contribution in [0.1, 0.15) is 40.4 Å². The number of benzene rings is 2. The minimum Gasteiger partial charge on any atom is -0.376 e. The average Bonchev–Trinajstić information content (AvgIpc) is 3.61. The van der Waals surface area contributed by atoms with E-state index in [1.165, 1.54) is 29.6 Å². The van der Waals surface area contributed by atoms with Crippen molar-refractivity contribution in [3.63, 3.8) is 0 Å². The van der Waals surface area contributed by atoms with Gasteiger partial charge in [-0.15, -0.1) is 20.4 Å². The van der Waals surface area contributed by atoms with Gasteiger partial charge in [0, 0.05) is 19.3 Å². The van der Waals surface area contributed by atoms with E-state index in [1.807, 2.05) is 36.4 Å². The second-order valence-corrected chi connectivity index (χ2v) is 12.2. The first-order chi connectivity index (χ1) is 19.4. The molecule has 2 aromatic heterocycles. The van der Waals surface area contributed by atoms with E-state index in [1.54, 1.807) is 36.0 Å². The van der Waals surface area contributed by atoms with Gasteiger partial charge < -0.3 is 9.90 Å². The third-order valence-electron chi connectivity index (χ3n) is 5.93. The van der Waals surface area contributed by atoms with Crippen LogP contribution in [0.2, 0.25) is 0 Å². The Morgan fingerprint density at radius 2 is 1.45 bits per heavy atom. The summed E-state index contributed by atoms with van der Waals surface area (Å²) in [6, 6.07) is 17.9. The van der Waals surface area contributed by atoms with Crippen LogP contribution in [-0.2, 0) is 32.8 Å². The number of aromatic nitrogens is 4. The number of amides is 2. The van der Waals surface area contributed by atoms with Crippen LogP contribution < -0.4 is 10.6 Å². The van der Waals surface area contributed by atoms with E-state index in [-0.39, 0.29) is 12.3 Å². The Bertz CT molecular complexity index is 1410. The summed E-state index contributed by atoms with van der Waals surface area (Å²) in [6.45, 7) is 1.44. The maximum absolute atomic E-state index is 12.7. The topological polar surface area (TPSA) is 147 Å². The van der Waals surface area contributed by atoms with Gasteiger partial charge >= 0.3 is 0 Å². The van der Waals surface area contributed by atoms with Gasteiger partial charge in [-0.25, -0.2) is 0 Å². The van der Waals surface area contributed by atoms with Gasteiger partial charge in [0.2, 0.25) is 16.2 Å². The van der Waals surface area contributed by atoms with Crippen molar-refractivity contribution >= 4 is 62.8 Å². The van der Waals surface area contributed by atoms with Crippen molar-refractivity contribution in [2.75, 3.05) is 22.1 Å². The lowest BCUT2D eigenvalue weighted by Crippen LogP contribution is -2.37. The molecule has 0 radical (unpaired) electrons. The van der Waals surface area contributed by atoms with Gasteiger partial charge in [-0.1, -0.05) is 83.3 Å². The van der Waals surface area contributed by atoms with Crippen molar-refractivity contribution in [2.45, 2.75) is 37.7 Å². The molecule has 4 rings (SSSR count). The minimum atomic E-state index is -1.69. The molecule has 0 saturated heterocycles. The molecule has 0 aliphatic carbocycles. The Morgan fingerprint density at radius 1 is 0.900 bits per heavy atom. The first kappa shape index (κ1) is 29.5. The maximum Gasteiger partial charge on any atom is 0.262 e. The molecule has 13 heteroatoms. The molecule has 40 heavy (non-hydrogen) atoms. The number of nitrogens with one attached hydrogen (secondary N) is 2. The molecule has 0 bridgehead atoms. The molecule has 4 aromatic rings. The zero-order valence-corrected chi connectivity index (χ0v) is 24.1. The first-order valence-corrected chi connectivity index (χ1v) is 15.3. The molecule has 3 N–H and O–H groups in total. The summed E-state index contributed by atoms with van der Waals surface area (Å²) in [5.41, 5.74) is -0.417. The standard InChI is InChI=1S/C27H28N6O4S3/c1-27(37,19-10-6-3-7-11-19)24(36)29-26-33-31-22(40-26)14-17-38-16-13-21-30-32-25(39-21)28-23(35)20(12-15-34)18-8-4-2-5-9-18/h2-11,15,20,37H,12-14,16-17H2,1H3,(H,28,32,35)(H,29,33,36)/t20?,27-/m0/s1. The fourth-order valence-electron chi connectivity index (χ4n) is 3.71. The number of thioether (sulfide) groups is 1. The van der Waals surface area contributed by atoms with E-state index in [0.29, 0.717) is 28.7 Å². The van der Waals surface area contributed by atoms with Crippen molar-refractivity contribution in [3.05, 3.63) is 81.8 Å². The molecule has 0 aliphatic heterocycles. The predicted molar refractivity (Wildman–Crippen MR) is 158 cm³/mol. The molecular weight excluding hydrogens is 569 g/mol. The highest BCUT2D eigenvalue weighted by atomic mass is 32.2. The number of carbonyl (C=O) groups excluding carboxylic acids is 3. The highest BCUT2D eigenvalue weighted by molar-refractivity contribution is 7.99. The molecule has 1 unspecified atom stereocenters. The quantitative estimate of drug-likeness (QED) is 0.145. The third kappa shape index (κ3) is 8.01. The number of hydrogen-bond donors (Lipinski definition) is 3. The number of rotatable bonds is 14. The van der Waals surface area contributed by atoms with E-state index in [4.69, 9.17) is 0 Å². The Kier molecular flexibility index (Phi) is 10.5. The van der Waals surface area contributed by atoms with Crippen molar-refractivity contribution in [1.29, 1.82) is 0 Å². The van der Waals surface area contributed by atoms with E-state index < -0.39 is 17.4 Å². The van der Waals surface area contributed by atoms with E-state index in [0.717, 1.165) is 33.4 Å². The van der Waals surface area contributed by atoms with Gasteiger partial charge in [-0.3, -0.25) is 20.2 Å². The molecule has 2 heterocycles. The van der Waals surface area contributed by atoms with Crippen molar-refractivity contribution < 1.29 is 19.5 Å². The van der Waals surface area contributed by atoms with Crippen molar-refractivity contribution in [1.82, 2.24) is 20.4 Å². The van der Waals surface area contributed by atoms with E-state index in [9.17, 15) is 19.5 Å². The summed E-state index contributed by atoms with van der Waals surface area (Å²) in [6.07, 6.45) is 2.22. The summed E-state index contributed by atoms with van der Waals surface area (Å²) in [5, 5.41) is 34.8. The SMILES string of the molecule is C[C@@](O)(C(=O)Nc1nnc(CCSCCc2nnc(NC(=O)C(CC=O)c3ccccc3)s2)s1)c1ccccc1. The summed E-state index contributed by atoms with van der Waals surface area (Å²) in [5.74, 6) is 0.182. The Balaban J connectivity index is 1.18. The molecule has 2 amide bonds. The van der Waals surface area contributed by atoms with Gasteiger partial charge in [-0.05, 0) is 29.6 Å². The summed E-state index contributed by atoms with van der Waals surface area (Å²) < 4.78 is 0. The lowest BCUT2D eigenvalue weighted by atomic mass is 9.95. The van der Waals surface area contributed by atoms with Crippen LogP contribution >= 0.6 is 34.4 Å². The van der Waals surface area contributed by atoms with Crippen LogP contribution in [0.4, 0.5) is 10.3 Å². The van der Waals surface area contributed by atoms with Crippen LogP contribution in [-0.4, -0.2) is 55.1 Å². The zero-order valence-electron chi connectivity index (χ0n) is 21.6. The third-order valence-corrected chi connectivity index (χ3v) is 8.72. The average molecular weight is 597 g/mol. The first-order valence-electron chi connectivity index (χ1n) is 12.5. The van der Waals surface area contributed by atoms with Crippen LogP contribution in [0.25, 0.3) is 0 Å². The normalized spacial score (nSPS) is 13.2. The molecule has 0 saturated carbocycles. The molecule has 2 aromatic carbocycles. The van der Waals surface area contributed by atoms with Crippen LogP contribution in [0, 0.1) is 0 Å². The molecule has 208 valence electrons. The fraction of sp³-hybridized carbons (Fsp3) is 0.296. The smallest absolute Gasteiger partial charge is 0.262 e. The van der Waals surface area contributed by atoms with Gasteiger partial charge in [0.25, 0.3) is 5.91 Å². The second kappa shape index (κ2) is 14.2. The highest BCUT2D eigenvalue weighted by Gasteiger charge is 2.33. The minimum absolute atomic E-state index is 0.0924. The highest BCUT2D eigenvalue weighted by Crippen LogP contribution is 2.25. The summed E-state index contributed by atoms with van der Waals surface area (Å²) in [4.78, 5) is 36.4. The largest absolute Gasteiger partial charge is 0.376 e. The molecule has 2 atom stereocenters. The number of hydrogen-bond acceptors (Lipinski definition) is 11. The van der Waals surface area contributed by atoms with Gasteiger partial charge in [0.1, 0.15) is 16.3 Å². The van der Waals surface area contributed by atoms with Crippen molar-refractivity contribution in [2.24, 2.45) is 0 Å². The number of aldehydes is 1. The number of nitrogens with zero attached hydrogens (tertiary/aromatic N) is 4. The Hall–Kier alpha value is -3.52. The number of carbonyl (C=O) groups is 3. The van der Waals surface area contributed by atoms with Crippen LogP contribution in [0.15, 0.2) is 60.7 Å². The predicted octanol–water partition coefficient (Wildman–Crippen LogP) is 4.07. The number of aryl methyl sites for hydroxylation is 2. The summed E-state index contributed by atoms with van der Waals surface area (Å²) >= 11 is 4.32. The van der Waals surface area contributed by atoms with Crippen LogP contribution in [0.5, 0.6) is 0 Å². The van der Waals surface area contributed by atoms with Crippen LogP contribution in [0.3, 0.4) is 0 Å².